The number of rotatable bonds is 3. The first-order valence-electron chi connectivity index (χ1n) is 5.10. The zero-order valence-corrected chi connectivity index (χ0v) is 12.9. The van der Waals surface area contributed by atoms with Gasteiger partial charge in [0, 0.05) is 28.3 Å². The molecule has 4 nitrogen and oxygen atoms in total. The fraction of sp³-hybridized carbons (Fsp3) is 0.556. The van der Waals surface area contributed by atoms with Crippen molar-refractivity contribution in [2.75, 3.05) is 11.5 Å². The Morgan fingerprint density at radius 3 is 2.53 bits per heavy atom. The van der Waals surface area contributed by atoms with Crippen LogP contribution in [0.25, 0.3) is 0 Å². The molecule has 0 aromatic carbocycles. The lowest BCUT2D eigenvalue weighted by Crippen LogP contribution is -2.39. The minimum atomic E-state index is -3.42. The molecule has 1 aromatic rings. The summed E-state index contributed by atoms with van der Waals surface area (Å²) < 4.78 is 39.0. The highest BCUT2D eigenvalue weighted by molar-refractivity contribution is 9.11. The summed E-state index contributed by atoms with van der Waals surface area (Å²) >= 11 is 4.43. The van der Waals surface area contributed by atoms with Gasteiger partial charge in [-0.2, -0.15) is 0 Å². The van der Waals surface area contributed by atoms with Gasteiger partial charge in [-0.15, -0.1) is 11.3 Å². The Kier molecular flexibility index (Phi) is 4.40. The number of halogens is 1. The normalized spacial score (nSPS) is 25.9. The van der Waals surface area contributed by atoms with E-state index in [-0.39, 0.29) is 6.04 Å². The fourth-order valence-electron chi connectivity index (χ4n) is 1.63. The van der Waals surface area contributed by atoms with Crippen LogP contribution in [0.15, 0.2) is 20.1 Å². The average Bonchev–Trinajstić information content (AvgIpc) is 2.69. The van der Waals surface area contributed by atoms with E-state index < -0.39 is 20.8 Å². The van der Waals surface area contributed by atoms with Crippen molar-refractivity contribution in [1.29, 1.82) is 0 Å². The number of hydrogen-bond donors (Lipinski definition) is 1. The summed E-state index contributed by atoms with van der Waals surface area (Å²) in [6, 6.07) is 3.21. The molecular weight excluding hydrogens is 346 g/mol. The first kappa shape index (κ1) is 13.7. The second-order valence-corrected chi connectivity index (χ2v) is 9.90. The monoisotopic (exact) mass is 357 g/mol. The average molecular weight is 358 g/mol. The highest BCUT2D eigenvalue weighted by Gasteiger charge is 2.24. The maximum Gasteiger partial charge on any atom is 0.250 e. The lowest BCUT2D eigenvalue weighted by atomic mass is 10.2. The topological polar surface area (TPSA) is 63.2 Å². The molecule has 2 rings (SSSR count). The molecule has 0 atom stereocenters. The lowest BCUT2D eigenvalue weighted by Gasteiger charge is -2.21. The molecule has 8 heteroatoms. The quantitative estimate of drug-likeness (QED) is 0.895. The smallest absolute Gasteiger partial charge is 0.250 e. The predicted octanol–water partition coefficient (Wildman–Crippen LogP) is 1.70. The first-order valence-corrected chi connectivity index (χ1v) is 9.68. The highest BCUT2D eigenvalue weighted by atomic mass is 79.9. The van der Waals surface area contributed by atoms with Gasteiger partial charge in [-0.1, -0.05) is 0 Å². The van der Waals surface area contributed by atoms with E-state index in [2.05, 4.69) is 20.7 Å². The van der Waals surface area contributed by atoms with Gasteiger partial charge >= 0.3 is 0 Å². The van der Waals surface area contributed by atoms with Crippen LogP contribution in [0.3, 0.4) is 0 Å². The third-order valence-corrected chi connectivity index (χ3v) is 7.54. The Morgan fingerprint density at radius 1 is 1.35 bits per heavy atom. The molecule has 0 amide bonds. The second-order valence-electron chi connectivity index (χ2n) is 3.80. The van der Waals surface area contributed by atoms with Gasteiger partial charge in [0.25, 0.3) is 0 Å². The molecule has 1 aliphatic rings. The van der Waals surface area contributed by atoms with Crippen molar-refractivity contribution in [3.63, 3.8) is 0 Å². The van der Waals surface area contributed by atoms with E-state index >= 15 is 0 Å². The molecule has 1 aromatic heterocycles. The standard InChI is InChI=1S/C9H12BrNO3S3/c10-8-1-2-9(15-8)17(13,14)11-7-3-5-16(12)6-4-7/h1-2,7,11H,3-6H2. The van der Waals surface area contributed by atoms with E-state index in [1.165, 1.54) is 11.3 Å². The first-order chi connectivity index (χ1) is 7.97. The van der Waals surface area contributed by atoms with Crippen LogP contribution in [0.2, 0.25) is 0 Å². The van der Waals surface area contributed by atoms with Gasteiger partial charge in [-0.3, -0.25) is 4.21 Å². The van der Waals surface area contributed by atoms with Crippen molar-refractivity contribution in [2.24, 2.45) is 0 Å². The second kappa shape index (κ2) is 5.48. The molecule has 2 heterocycles. The number of hydrogen-bond acceptors (Lipinski definition) is 4. The van der Waals surface area contributed by atoms with Crippen LogP contribution in [0.5, 0.6) is 0 Å². The van der Waals surface area contributed by atoms with Crippen LogP contribution in [0, 0.1) is 0 Å². The molecular formula is C9H12BrNO3S3. The van der Waals surface area contributed by atoms with Gasteiger partial charge in [-0.05, 0) is 40.9 Å². The summed E-state index contributed by atoms with van der Waals surface area (Å²) in [5.74, 6) is 1.17. The van der Waals surface area contributed by atoms with Gasteiger partial charge in [0.15, 0.2) is 0 Å². The van der Waals surface area contributed by atoms with Crippen molar-refractivity contribution in [1.82, 2.24) is 4.72 Å². The van der Waals surface area contributed by atoms with Gasteiger partial charge in [0.2, 0.25) is 10.0 Å². The van der Waals surface area contributed by atoms with Crippen LogP contribution >= 0.6 is 27.3 Å². The van der Waals surface area contributed by atoms with Crippen LogP contribution in [0.4, 0.5) is 0 Å². The van der Waals surface area contributed by atoms with E-state index in [4.69, 9.17) is 0 Å². The Balaban J connectivity index is 2.05. The van der Waals surface area contributed by atoms with Crippen LogP contribution in [-0.4, -0.2) is 30.2 Å². The van der Waals surface area contributed by atoms with Gasteiger partial charge in [-0.25, -0.2) is 13.1 Å². The zero-order chi connectivity index (χ0) is 12.5. The maximum atomic E-state index is 12.0. The molecule has 1 fully saturated rings. The van der Waals surface area contributed by atoms with Crippen molar-refractivity contribution in [2.45, 2.75) is 23.1 Å². The summed E-state index contributed by atoms with van der Waals surface area (Å²) in [6.07, 6.45) is 1.30. The van der Waals surface area contributed by atoms with E-state index in [0.717, 1.165) is 3.79 Å². The molecule has 0 radical (unpaired) electrons. The van der Waals surface area contributed by atoms with E-state index in [0.29, 0.717) is 28.6 Å². The maximum absolute atomic E-state index is 12.0. The minimum absolute atomic E-state index is 0.0847. The van der Waals surface area contributed by atoms with E-state index in [1.807, 2.05) is 0 Å². The van der Waals surface area contributed by atoms with Crippen molar-refractivity contribution in [3.05, 3.63) is 15.9 Å². The molecule has 1 N–H and O–H groups in total. The molecule has 0 saturated carbocycles. The summed E-state index contributed by atoms with van der Waals surface area (Å²) in [5, 5.41) is 0. The molecule has 17 heavy (non-hydrogen) atoms. The highest BCUT2D eigenvalue weighted by Crippen LogP contribution is 2.26. The van der Waals surface area contributed by atoms with Gasteiger partial charge < -0.3 is 0 Å². The fourth-order valence-corrected chi connectivity index (χ4v) is 6.26. The summed E-state index contributed by atoms with van der Waals surface area (Å²) in [7, 11) is -4.19. The Bertz CT molecular complexity index is 515. The van der Waals surface area contributed by atoms with Crippen molar-refractivity contribution >= 4 is 48.1 Å². The largest absolute Gasteiger partial charge is 0.260 e. The Morgan fingerprint density at radius 2 is 2.00 bits per heavy atom. The van der Waals surface area contributed by atoms with E-state index in [1.54, 1.807) is 12.1 Å². The van der Waals surface area contributed by atoms with Crippen LogP contribution < -0.4 is 4.72 Å². The third-order valence-electron chi connectivity index (χ3n) is 2.52. The van der Waals surface area contributed by atoms with Crippen LogP contribution in [0.1, 0.15) is 12.8 Å². The Hall–Kier alpha value is 0.240. The van der Waals surface area contributed by atoms with Crippen LogP contribution in [-0.2, 0) is 20.8 Å². The van der Waals surface area contributed by atoms with Crippen molar-refractivity contribution < 1.29 is 12.6 Å². The zero-order valence-electron chi connectivity index (χ0n) is 8.89. The SMILES string of the molecule is O=S1CCC(NS(=O)(=O)c2ccc(Br)s2)CC1. The summed E-state index contributed by atoms with van der Waals surface area (Å²) in [5.41, 5.74) is 0. The lowest BCUT2D eigenvalue weighted by molar-refractivity contribution is 0.523. The summed E-state index contributed by atoms with van der Waals surface area (Å²) in [4.78, 5) is 0. The predicted molar refractivity (Wildman–Crippen MR) is 73.2 cm³/mol. The van der Waals surface area contributed by atoms with Gasteiger partial charge in [0.05, 0.1) is 3.79 Å². The number of thiophene rings is 1. The third kappa shape index (κ3) is 3.60. The van der Waals surface area contributed by atoms with Gasteiger partial charge in [0.1, 0.15) is 4.21 Å². The molecule has 1 aliphatic heterocycles. The number of nitrogens with one attached hydrogen (secondary N) is 1. The summed E-state index contributed by atoms with van der Waals surface area (Å²) in [6.45, 7) is 0. The molecule has 0 spiro atoms. The molecule has 0 unspecified atom stereocenters. The molecule has 96 valence electrons. The van der Waals surface area contributed by atoms with E-state index in [9.17, 15) is 12.6 Å². The molecule has 0 aliphatic carbocycles. The number of sulfonamides is 1. The Labute approximate surface area is 115 Å². The molecule has 1 saturated heterocycles. The van der Waals surface area contributed by atoms with Crippen molar-refractivity contribution in [3.8, 4) is 0 Å². The molecule has 0 bridgehead atoms. The minimum Gasteiger partial charge on any atom is -0.260 e.